The quantitative estimate of drug-likeness (QED) is 0.458. The smallest absolute Gasteiger partial charge is 0.202 e. The molecule has 0 fully saturated rings. The Kier molecular flexibility index (Phi) is 3.15. The highest BCUT2D eigenvalue weighted by Crippen LogP contribution is 2.34. The van der Waals surface area contributed by atoms with Crippen molar-refractivity contribution in [3.05, 3.63) is 23.5 Å². The molecule has 0 spiro atoms. The molecular weight excluding hydrogens is 236 g/mol. The van der Waals surface area contributed by atoms with Crippen LogP contribution in [0, 0.1) is 0 Å². The van der Waals surface area contributed by atoms with Crippen LogP contribution in [-0.4, -0.2) is 23.5 Å². The van der Waals surface area contributed by atoms with Gasteiger partial charge in [-0.2, -0.15) is 0 Å². The van der Waals surface area contributed by atoms with E-state index in [1.165, 1.54) is 20.6 Å². The highest BCUT2D eigenvalue weighted by molar-refractivity contribution is 9.05. The number of ketones is 1. The lowest BCUT2D eigenvalue weighted by Crippen LogP contribution is -2.12. The molecule has 0 radical (unpaired) electrons. The molecule has 0 saturated heterocycles. The number of nitrogens with zero attached hydrogens (tertiary/aromatic N) is 2. The molecule has 72 valence electrons. The van der Waals surface area contributed by atoms with E-state index < -0.39 is 0 Å². The second-order valence-electron chi connectivity index (χ2n) is 2.60. The summed E-state index contributed by atoms with van der Waals surface area (Å²) < 4.78 is 0. The number of carbonyl (C=O) groups is 1. The molecule has 3 nitrogen and oxygen atoms in total. The number of Topliss-reactive ketones (excluding diaryl/α,β-unsaturated/α-hetero) is 1. The van der Waals surface area contributed by atoms with Crippen LogP contribution >= 0.6 is 32.3 Å². The molecule has 2 rings (SSSR count). The van der Waals surface area contributed by atoms with Gasteiger partial charge < -0.3 is 0 Å². The van der Waals surface area contributed by atoms with Gasteiger partial charge in [0.05, 0.1) is 5.70 Å². The Morgan fingerprint density at radius 3 is 2.93 bits per heavy atom. The lowest BCUT2D eigenvalue weighted by Gasteiger charge is -2.00. The minimum Gasteiger partial charge on any atom is -0.291 e. The van der Waals surface area contributed by atoms with Crippen LogP contribution in [0.4, 0.5) is 0 Å². The van der Waals surface area contributed by atoms with Crippen molar-refractivity contribution >= 4 is 50.5 Å². The fourth-order valence-corrected chi connectivity index (χ4v) is 3.08. The van der Waals surface area contributed by atoms with Crippen LogP contribution in [0.2, 0.25) is 0 Å². The van der Waals surface area contributed by atoms with Crippen LogP contribution < -0.4 is 0 Å². The van der Waals surface area contributed by atoms with E-state index >= 15 is 0 Å². The van der Waals surface area contributed by atoms with Gasteiger partial charge in [0.15, 0.2) is 0 Å². The number of thiol groups is 1. The van der Waals surface area contributed by atoms with Crippen molar-refractivity contribution in [2.24, 2.45) is 9.98 Å². The minimum atomic E-state index is -0.218. The molecule has 1 atom stereocenters. The number of aliphatic imine (C=N–C) groups is 2. The standard InChI is InChI=1S/C8H6N2OS3/c11-8-6(13-14-12)4-10-7(8)5-2-1-3-9-5/h1-4,6,12H. The van der Waals surface area contributed by atoms with Gasteiger partial charge in [-0.1, -0.05) is 22.5 Å². The second-order valence-corrected chi connectivity index (χ2v) is 5.82. The SMILES string of the molecule is O=C1C(=C2C=CC=N2)N=CC1SSS. The average molecular weight is 242 g/mol. The number of hydrogen-bond donors (Lipinski definition) is 1. The first-order valence-corrected chi connectivity index (χ1v) is 7.10. The Morgan fingerprint density at radius 1 is 1.43 bits per heavy atom. The first kappa shape index (κ1) is 10.1. The Hall–Kier alpha value is -0.460. The Morgan fingerprint density at radius 2 is 2.29 bits per heavy atom. The number of allylic oxidation sites excluding steroid dienone is 3. The molecule has 6 heteroatoms. The van der Waals surface area contributed by atoms with Crippen molar-refractivity contribution < 1.29 is 4.79 Å². The van der Waals surface area contributed by atoms with Crippen LogP contribution in [0.5, 0.6) is 0 Å². The Labute approximate surface area is 94.1 Å². The number of carbonyl (C=O) groups excluding carboxylic acids is 1. The van der Waals surface area contributed by atoms with Crippen LogP contribution in [0.25, 0.3) is 0 Å². The maximum absolute atomic E-state index is 11.7. The van der Waals surface area contributed by atoms with Gasteiger partial charge in [-0.15, -0.1) is 0 Å². The number of rotatable bonds is 2. The van der Waals surface area contributed by atoms with Crippen molar-refractivity contribution in [1.82, 2.24) is 0 Å². The van der Waals surface area contributed by atoms with Crippen molar-refractivity contribution in [3.63, 3.8) is 0 Å². The van der Waals surface area contributed by atoms with E-state index in [9.17, 15) is 4.79 Å². The molecule has 0 N–H and O–H groups in total. The van der Waals surface area contributed by atoms with E-state index in [0.717, 1.165) is 0 Å². The summed E-state index contributed by atoms with van der Waals surface area (Å²) >= 11 is 3.98. The van der Waals surface area contributed by atoms with Crippen LogP contribution in [0.1, 0.15) is 0 Å². The van der Waals surface area contributed by atoms with Crippen molar-refractivity contribution in [3.8, 4) is 0 Å². The fourth-order valence-electron chi connectivity index (χ4n) is 1.16. The highest BCUT2D eigenvalue weighted by atomic mass is 33.5. The van der Waals surface area contributed by atoms with E-state index in [1.807, 2.05) is 0 Å². The third-order valence-electron chi connectivity index (χ3n) is 1.77. The van der Waals surface area contributed by atoms with Crippen LogP contribution in [0.3, 0.4) is 0 Å². The first-order valence-electron chi connectivity index (χ1n) is 3.83. The molecule has 2 heterocycles. The topological polar surface area (TPSA) is 41.8 Å². The summed E-state index contributed by atoms with van der Waals surface area (Å²) in [4.78, 5) is 19.8. The van der Waals surface area contributed by atoms with E-state index in [1.54, 1.807) is 24.6 Å². The molecule has 2 aliphatic heterocycles. The summed E-state index contributed by atoms with van der Waals surface area (Å²) in [5.41, 5.74) is 1.10. The van der Waals surface area contributed by atoms with Gasteiger partial charge >= 0.3 is 0 Å². The molecular formula is C8H6N2OS3. The molecule has 0 aromatic heterocycles. The van der Waals surface area contributed by atoms with Gasteiger partial charge in [-0.3, -0.25) is 14.8 Å². The lowest BCUT2D eigenvalue weighted by molar-refractivity contribution is -0.113. The average Bonchev–Trinajstić information content (AvgIpc) is 2.77. The first-order chi connectivity index (χ1) is 6.83. The summed E-state index contributed by atoms with van der Waals surface area (Å²) in [5.74, 6) is 0.00949. The monoisotopic (exact) mass is 242 g/mol. The van der Waals surface area contributed by atoms with Crippen molar-refractivity contribution in [2.75, 3.05) is 0 Å². The molecule has 0 saturated carbocycles. The summed E-state index contributed by atoms with van der Waals surface area (Å²) in [6.45, 7) is 0. The van der Waals surface area contributed by atoms with Gasteiger partial charge in [0.25, 0.3) is 0 Å². The molecule has 0 aromatic rings. The van der Waals surface area contributed by atoms with E-state index in [0.29, 0.717) is 11.4 Å². The van der Waals surface area contributed by atoms with Gasteiger partial charge in [0.2, 0.25) is 5.78 Å². The van der Waals surface area contributed by atoms with Gasteiger partial charge in [0, 0.05) is 12.4 Å². The zero-order chi connectivity index (χ0) is 9.97. The zero-order valence-corrected chi connectivity index (χ0v) is 9.48. The normalized spacial score (nSPS) is 29.5. The highest BCUT2D eigenvalue weighted by Gasteiger charge is 2.28. The summed E-state index contributed by atoms with van der Waals surface area (Å²) in [6, 6.07) is 0. The van der Waals surface area contributed by atoms with Crippen molar-refractivity contribution in [1.29, 1.82) is 0 Å². The van der Waals surface area contributed by atoms with Crippen molar-refractivity contribution in [2.45, 2.75) is 5.25 Å². The third kappa shape index (κ3) is 1.82. The molecule has 1 unspecified atom stereocenters. The van der Waals surface area contributed by atoms with Gasteiger partial charge in [0.1, 0.15) is 10.9 Å². The zero-order valence-electron chi connectivity index (χ0n) is 6.95. The Bertz CT molecular complexity index is 370. The van der Waals surface area contributed by atoms with Crippen LogP contribution in [-0.2, 0) is 4.79 Å². The Balaban J connectivity index is 2.23. The molecule has 0 aromatic carbocycles. The predicted molar refractivity (Wildman–Crippen MR) is 66.1 cm³/mol. The van der Waals surface area contributed by atoms with E-state index in [4.69, 9.17) is 0 Å². The summed E-state index contributed by atoms with van der Waals surface area (Å²) in [6.07, 6.45) is 6.86. The van der Waals surface area contributed by atoms with Crippen LogP contribution in [0.15, 0.2) is 33.5 Å². The maximum Gasteiger partial charge on any atom is 0.202 e. The maximum atomic E-state index is 11.7. The largest absolute Gasteiger partial charge is 0.291 e. The van der Waals surface area contributed by atoms with E-state index in [-0.39, 0.29) is 11.0 Å². The molecule has 2 aliphatic rings. The molecule has 0 aliphatic carbocycles. The van der Waals surface area contributed by atoms with E-state index in [2.05, 4.69) is 21.6 Å². The number of hydrogen-bond acceptors (Lipinski definition) is 6. The lowest BCUT2D eigenvalue weighted by atomic mass is 10.2. The predicted octanol–water partition coefficient (Wildman–Crippen LogP) is 2.09. The minimum absolute atomic E-state index is 0.00949. The fraction of sp³-hybridized carbons (Fsp3) is 0.125. The second kappa shape index (κ2) is 4.37. The van der Waals surface area contributed by atoms with Gasteiger partial charge in [-0.25, -0.2) is 0 Å². The molecule has 14 heavy (non-hydrogen) atoms. The third-order valence-corrected chi connectivity index (χ3v) is 4.06. The van der Waals surface area contributed by atoms with Gasteiger partial charge in [-0.05, 0) is 22.0 Å². The summed E-state index contributed by atoms with van der Waals surface area (Å²) in [5, 5.41) is -0.218. The molecule has 0 amide bonds. The molecule has 0 bridgehead atoms. The summed E-state index contributed by atoms with van der Waals surface area (Å²) in [7, 11) is 2.65.